The number of nitrogens with zero attached hydrogens (tertiary/aromatic N) is 3. The van der Waals surface area contributed by atoms with Crippen LogP contribution in [0.15, 0.2) is 74.3 Å². The summed E-state index contributed by atoms with van der Waals surface area (Å²) in [6.45, 7) is 0.285. The monoisotopic (exact) mass is 507 g/mol. The minimum absolute atomic E-state index is 0.248. The molecule has 0 bridgehead atoms. The maximum Gasteiger partial charge on any atom is 0.291 e. The average Bonchev–Trinajstić information content (AvgIpc) is 3.52. The predicted molar refractivity (Wildman–Crippen MR) is 123 cm³/mol. The lowest BCUT2D eigenvalue weighted by molar-refractivity contribution is 0.0852. The van der Waals surface area contributed by atoms with Crippen molar-refractivity contribution in [1.29, 1.82) is 0 Å². The van der Waals surface area contributed by atoms with Gasteiger partial charge in [0.15, 0.2) is 23.4 Å². The van der Waals surface area contributed by atoms with E-state index in [2.05, 4.69) is 26.0 Å². The van der Waals surface area contributed by atoms with Crippen LogP contribution in [-0.2, 0) is 0 Å². The van der Waals surface area contributed by atoms with Crippen molar-refractivity contribution in [3.05, 3.63) is 91.6 Å². The number of rotatable bonds is 3. The first-order chi connectivity index (χ1) is 15.6. The fourth-order valence-corrected chi connectivity index (χ4v) is 4.62. The summed E-state index contributed by atoms with van der Waals surface area (Å²) in [5, 5.41) is 4.38. The average molecular weight is 508 g/mol. The smallest absolute Gasteiger partial charge is 0.291 e. The third-order valence-electron chi connectivity index (χ3n) is 5.02. The van der Waals surface area contributed by atoms with Crippen LogP contribution >= 0.6 is 27.3 Å². The predicted octanol–water partition coefficient (Wildman–Crippen LogP) is 4.23. The van der Waals surface area contributed by atoms with Gasteiger partial charge in [-0.25, -0.2) is 0 Å². The number of halogens is 1. The summed E-state index contributed by atoms with van der Waals surface area (Å²) < 4.78 is 20.4. The highest BCUT2D eigenvalue weighted by atomic mass is 79.9. The van der Waals surface area contributed by atoms with Gasteiger partial charge in [0.2, 0.25) is 4.96 Å². The Kier molecular flexibility index (Phi) is 4.58. The lowest BCUT2D eigenvalue weighted by Gasteiger charge is -2.24. The molecule has 0 N–H and O–H groups in total. The Morgan fingerprint density at radius 2 is 1.88 bits per heavy atom. The van der Waals surface area contributed by atoms with E-state index < -0.39 is 6.10 Å². The third kappa shape index (κ3) is 3.39. The molecule has 0 spiro atoms. The molecule has 4 heterocycles. The first-order valence-corrected chi connectivity index (χ1v) is 11.4. The van der Waals surface area contributed by atoms with E-state index in [9.17, 15) is 4.79 Å². The van der Waals surface area contributed by atoms with Crippen LogP contribution in [0.5, 0.6) is 11.5 Å². The van der Waals surface area contributed by atoms with Crippen LogP contribution < -0.4 is 19.6 Å². The number of benzene rings is 2. The van der Waals surface area contributed by atoms with Crippen LogP contribution in [0.25, 0.3) is 22.4 Å². The fourth-order valence-electron chi connectivity index (χ4n) is 3.46. The lowest BCUT2D eigenvalue weighted by Crippen LogP contribution is -2.26. The zero-order valence-corrected chi connectivity index (χ0v) is 18.8. The Morgan fingerprint density at radius 3 is 2.69 bits per heavy atom. The van der Waals surface area contributed by atoms with E-state index in [1.807, 2.05) is 60.7 Å². The van der Waals surface area contributed by atoms with E-state index in [1.165, 1.54) is 15.9 Å². The number of thiazole rings is 1. The summed E-state index contributed by atoms with van der Waals surface area (Å²) in [6, 6.07) is 19.0. The fraction of sp³-hybridized carbons (Fsp3) is 0.0870. The molecule has 158 valence electrons. The standard InChI is InChI=1S/C23H14BrN3O4S/c24-14-7-5-13(6-8-14)16-10-9-15(30-16)11-20-22(28)27-23(32-20)25-21(26-27)19-12-29-17-3-1-2-4-18(17)31-19/h1-11,19H,12H2/b20-11-/t19-/m0/s1. The van der Waals surface area contributed by atoms with Gasteiger partial charge in [-0.3, -0.25) is 4.79 Å². The van der Waals surface area contributed by atoms with Crippen molar-refractivity contribution in [1.82, 2.24) is 14.6 Å². The number of furan rings is 1. The molecule has 5 aromatic rings. The minimum atomic E-state index is -0.470. The molecule has 0 amide bonds. The molecule has 0 unspecified atom stereocenters. The zero-order valence-electron chi connectivity index (χ0n) is 16.4. The van der Waals surface area contributed by atoms with Crippen LogP contribution in [0.4, 0.5) is 0 Å². The van der Waals surface area contributed by atoms with Gasteiger partial charge < -0.3 is 13.9 Å². The van der Waals surface area contributed by atoms with Crippen LogP contribution in [0.1, 0.15) is 17.7 Å². The van der Waals surface area contributed by atoms with Gasteiger partial charge in [0, 0.05) is 16.1 Å². The van der Waals surface area contributed by atoms with E-state index in [4.69, 9.17) is 13.9 Å². The molecular weight excluding hydrogens is 494 g/mol. The van der Waals surface area contributed by atoms with Gasteiger partial charge in [0.1, 0.15) is 22.7 Å². The Balaban J connectivity index is 1.30. The maximum absolute atomic E-state index is 12.9. The van der Waals surface area contributed by atoms with E-state index >= 15 is 0 Å². The first-order valence-electron chi connectivity index (χ1n) is 9.79. The Bertz CT molecular complexity index is 1550. The minimum Gasteiger partial charge on any atom is -0.485 e. The van der Waals surface area contributed by atoms with Crippen molar-refractivity contribution in [2.45, 2.75) is 6.10 Å². The number of ether oxygens (including phenoxy) is 2. The van der Waals surface area contributed by atoms with Crippen LogP contribution in [0.2, 0.25) is 0 Å². The van der Waals surface area contributed by atoms with Gasteiger partial charge in [-0.1, -0.05) is 51.5 Å². The van der Waals surface area contributed by atoms with E-state index in [1.54, 1.807) is 6.08 Å². The first kappa shape index (κ1) is 19.3. The van der Waals surface area contributed by atoms with Crippen LogP contribution in [0, 0.1) is 0 Å². The summed E-state index contributed by atoms with van der Waals surface area (Å²) in [5.74, 6) is 3.06. The van der Waals surface area contributed by atoms with Crippen LogP contribution in [-0.4, -0.2) is 21.2 Å². The highest BCUT2D eigenvalue weighted by Crippen LogP contribution is 2.35. The molecule has 1 aliphatic rings. The molecule has 0 radical (unpaired) electrons. The zero-order chi connectivity index (χ0) is 21.7. The van der Waals surface area contributed by atoms with E-state index in [0.29, 0.717) is 32.6 Å². The van der Waals surface area contributed by atoms with Gasteiger partial charge in [-0.05, 0) is 36.4 Å². The second-order valence-electron chi connectivity index (χ2n) is 7.15. The molecule has 0 saturated carbocycles. The highest BCUT2D eigenvalue weighted by molar-refractivity contribution is 9.10. The molecule has 7 nitrogen and oxygen atoms in total. The second-order valence-corrected chi connectivity index (χ2v) is 9.08. The molecule has 6 rings (SSSR count). The van der Waals surface area contributed by atoms with Crippen molar-refractivity contribution in [3.8, 4) is 22.8 Å². The summed E-state index contributed by atoms with van der Waals surface area (Å²) in [4.78, 5) is 17.9. The van der Waals surface area contributed by atoms with Gasteiger partial charge in [-0.15, -0.1) is 5.10 Å². The molecule has 32 heavy (non-hydrogen) atoms. The number of hydrogen-bond donors (Lipinski definition) is 0. The van der Waals surface area contributed by atoms with Crippen molar-refractivity contribution in [3.63, 3.8) is 0 Å². The molecule has 1 atom stereocenters. The van der Waals surface area contributed by atoms with Gasteiger partial charge in [0.25, 0.3) is 5.56 Å². The Hall–Kier alpha value is -3.43. The molecule has 3 aromatic heterocycles. The second kappa shape index (κ2) is 7.61. The quantitative estimate of drug-likeness (QED) is 0.363. The highest BCUT2D eigenvalue weighted by Gasteiger charge is 2.27. The third-order valence-corrected chi connectivity index (χ3v) is 6.51. The molecule has 0 fully saturated rings. The molecule has 1 aliphatic heterocycles. The summed E-state index contributed by atoms with van der Waals surface area (Å²) >= 11 is 4.68. The molecule has 0 saturated heterocycles. The molecule has 2 aromatic carbocycles. The summed E-state index contributed by atoms with van der Waals surface area (Å²) in [5.41, 5.74) is 0.709. The Labute approximate surface area is 193 Å². The van der Waals surface area contributed by atoms with Crippen LogP contribution in [0.3, 0.4) is 0 Å². The van der Waals surface area contributed by atoms with Gasteiger partial charge >= 0.3 is 0 Å². The van der Waals surface area contributed by atoms with E-state index in [-0.39, 0.29) is 12.2 Å². The Morgan fingerprint density at radius 1 is 1.06 bits per heavy atom. The van der Waals surface area contributed by atoms with Gasteiger partial charge in [-0.2, -0.15) is 9.50 Å². The summed E-state index contributed by atoms with van der Waals surface area (Å²) in [6.07, 6.45) is 1.24. The van der Waals surface area contributed by atoms with Crippen molar-refractivity contribution >= 4 is 38.3 Å². The number of aromatic nitrogens is 3. The number of para-hydroxylation sites is 2. The number of hydrogen-bond acceptors (Lipinski definition) is 7. The van der Waals surface area contributed by atoms with E-state index in [0.717, 1.165) is 15.8 Å². The van der Waals surface area contributed by atoms with Crippen molar-refractivity contribution in [2.24, 2.45) is 0 Å². The maximum atomic E-state index is 12.9. The van der Waals surface area contributed by atoms with Gasteiger partial charge in [0.05, 0.1) is 0 Å². The molecular formula is C23H14BrN3O4S. The van der Waals surface area contributed by atoms with Crippen molar-refractivity contribution in [2.75, 3.05) is 6.61 Å². The van der Waals surface area contributed by atoms with Crippen molar-refractivity contribution < 1.29 is 13.9 Å². The largest absolute Gasteiger partial charge is 0.485 e. The molecule has 9 heteroatoms. The normalized spacial score (nSPS) is 16.0. The SMILES string of the molecule is O=c1/c(=C/c2ccc(-c3ccc(Br)cc3)o2)sc2nc([C@@H]3COc4ccccc4O3)nn12. The summed E-state index contributed by atoms with van der Waals surface area (Å²) in [7, 11) is 0. The number of fused-ring (bicyclic) bond motifs is 2. The topological polar surface area (TPSA) is 78.9 Å². The molecule has 0 aliphatic carbocycles. The lowest BCUT2D eigenvalue weighted by atomic mass is 10.2.